The standard InChI is InChI=1S/C12H10N2O4S/c13-14-11(8-5-6-19(17,18)7-8)9-3-1-2-4-10(9)12(15)16/h1-7H,13H2,(H,15,16)/b14-11-. The van der Waals surface area contributed by atoms with Crippen molar-refractivity contribution in [1.29, 1.82) is 0 Å². The molecule has 0 radical (unpaired) electrons. The summed E-state index contributed by atoms with van der Waals surface area (Å²) in [5.74, 6) is 4.13. The average molecular weight is 278 g/mol. The largest absolute Gasteiger partial charge is 0.478 e. The second-order valence-electron chi connectivity index (χ2n) is 3.79. The highest BCUT2D eigenvalue weighted by Gasteiger charge is 2.21. The Bertz CT molecular complexity index is 730. The number of hydrazone groups is 1. The van der Waals surface area contributed by atoms with Gasteiger partial charge in [0.15, 0.2) is 9.84 Å². The highest BCUT2D eigenvalue weighted by atomic mass is 32.2. The van der Waals surface area contributed by atoms with Gasteiger partial charge in [-0.15, -0.1) is 0 Å². The van der Waals surface area contributed by atoms with Gasteiger partial charge < -0.3 is 10.9 Å². The van der Waals surface area contributed by atoms with E-state index < -0.39 is 15.8 Å². The van der Waals surface area contributed by atoms with Gasteiger partial charge in [0.05, 0.1) is 11.3 Å². The second-order valence-corrected chi connectivity index (χ2v) is 5.48. The molecule has 0 bridgehead atoms. The summed E-state index contributed by atoms with van der Waals surface area (Å²) in [6.45, 7) is 0. The van der Waals surface area contributed by atoms with Crippen LogP contribution in [0.25, 0.3) is 0 Å². The zero-order valence-corrected chi connectivity index (χ0v) is 10.5. The van der Waals surface area contributed by atoms with Crippen LogP contribution < -0.4 is 5.84 Å². The molecule has 3 N–H and O–H groups in total. The molecule has 1 heterocycles. The number of rotatable bonds is 3. The van der Waals surface area contributed by atoms with Crippen LogP contribution in [0.1, 0.15) is 15.9 Å². The maximum atomic E-state index is 11.3. The van der Waals surface area contributed by atoms with Gasteiger partial charge in [0, 0.05) is 22.0 Å². The summed E-state index contributed by atoms with van der Waals surface area (Å²) in [6.07, 6.45) is 1.33. The molecule has 0 atom stereocenters. The van der Waals surface area contributed by atoms with Gasteiger partial charge in [-0.3, -0.25) is 0 Å². The van der Waals surface area contributed by atoms with Crippen LogP contribution in [0.3, 0.4) is 0 Å². The van der Waals surface area contributed by atoms with E-state index >= 15 is 0 Å². The number of hydrogen-bond donors (Lipinski definition) is 2. The lowest BCUT2D eigenvalue weighted by Crippen LogP contribution is -2.12. The number of nitrogens with zero attached hydrogens (tertiary/aromatic N) is 1. The third kappa shape index (κ3) is 2.55. The van der Waals surface area contributed by atoms with Crippen LogP contribution in [0.4, 0.5) is 0 Å². The highest BCUT2D eigenvalue weighted by Crippen LogP contribution is 2.21. The Morgan fingerprint density at radius 1 is 1.21 bits per heavy atom. The van der Waals surface area contributed by atoms with Crippen molar-refractivity contribution in [1.82, 2.24) is 0 Å². The smallest absolute Gasteiger partial charge is 0.336 e. The van der Waals surface area contributed by atoms with E-state index in [1.807, 2.05) is 0 Å². The third-order valence-corrected chi connectivity index (χ3v) is 3.64. The first-order chi connectivity index (χ1) is 8.94. The van der Waals surface area contributed by atoms with Crippen LogP contribution in [-0.4, -0.2) is 25.2 Å². The summed E-state index contributed by atoms with van der Waals surface area (Å²) in [6, 6.07) is 6.11. The van der Waals surface area contributed by atoms with Crippen LogP contribution in [0.15, 0.2) is 51.8 Å². The molecule has 1 aliphatic heterocycles. The Morgan fingerprint density at radius 3 is 2.32 bits per heavy atom. The number of sulfone groups is 1. The Morgan fingerprint density at radius 2 is 1.84 bits per heavy atom. The summed E-state index contributed by atoms with van der Waals surface area (Å²) in [4.78, 5) is 11.1. The molecule has 6 nitrogen and oxygen atoms in total. The van der Waals surface area contributed by atoms with Crippen molar-refractivity contribution in [2.75, 3.05) is 0 Å². The number of aromatic carboxylic acids is 1. The van der Waals surface area contributed by atoms with Gasteiger partial charge in [-0.05, 0) is 12.1 Å². The first kappa shape index (κ1) is 13.0. The van der Waals surface area contributed by atoms with E-state index in [9.17, 15) is 13.2 Å². The normalized spacial score (nSPS) is 17.3. The molecule has 0 spiro atoms. The van der Waals surface area contributed by atoms with Crippen molar-refractivity contribution in [2.45, 2.75) is 0 Å². The van der Waals surface area contributed by atoms with Gasteiger partial charge in [0.1, 0.15) is 0 Å². The molecule has 98 valence electrons. The van der Waals surface area contributed by atoms with Crippen molar-refractivity contribution in [3.8, 4) is 0 Å². The van der Waals surface area contributed by atoms with Gasteiger partial charge in [0.2, 0.25) is 0 Å². The van der Waals surface area contributed by atoms with Crippen molar-refractivity contribution >= 4 is 21.5 Å². The lowest BCUT2D eigenvalue weighted by atomic mass is 9.98. The SMILES string of the molecule is N/N=C(/C1=CS(=O)(=O)C=C1)c1ccccc1C(=O)O. The molecule has 0 saturated heterocycles. The van der Waals surface area contributed by atoms with Crippen LogP contribution in [0.5, 0.6) is 0 Å². The zero-order chi connectivity index (χ0) is 14.0. The fourth-order valence-electron chi connectivity index (χ4n) is 1.73. The lowest BCUT2D eigenvalue weighted by Gasteiger charge is -2.07. The van der Waals surface area contributed by atoms with Crippen LogP contribution >= 0.6 is 0 Å². The number of allylic oxidation sites excluding steroid dienone is 2. The minimum Gasteiger partial charge on any atom is -0.478 e. The van der Waals surface area contributed by atoms with Crippen molar-refractivity contribution in [2.24, 2.45) is 10.9 Å². The van der Waals surface area contributed by atoms with E-state index in [1.165, 1.54) is 18.2 Å². The van der Waals surface area contributed by atoms with Crippen molar-refractivity contribution in [3.05, 3.63) is 57.9 Å². The molecule has 0 fully saturated rings. The second kappa shape index (κ2) is 4.69. The van der Waals surface area contributed by atoms with Crippen LogP contribution in [0.2, 0.25) is 0 Å². The number of benzene rings is 1. The van der Waals surface area contributed by atoms with E-state index in [0.29, 0.717) is 0 Å². The first-order valence-electron chi connectivity index (χ1n) is 5.20. The molecule has 1 aromatic carbocycles. The molecular formula is C12H10N2O4S. The van der Waals surface area contributed by atoms with Crippen molar-refractivity contribution < 1.29 is 18.3 Å². The van der Waals surface area contributed by atoms with Gasteiger partial charge in [-0.1, -0.05) is 18.2 Å². The van der Waals surface area contributed by atoms with E-state index in [-0.39, 0.29) is 22.4 Å². The van der Waals surface area contributed by atoms with Gasteiger partial charge in [0.25, 0.3) is 0 Å². The molecule has 0 aliphatic carbocycles. The molecule has 0 aromatic heterocycles. The summed E-state index contributed by atoms with van der Waals surface area (Å²) in [5.41, 5.74) is 0.655. The Hall–Kier alpha value is -2.41. The van der Waals surface area contributed by atoms with E-state index in [4.69, 9.17) is 10.9 Å². The summed E-state index contributed by atoms with van der Waals surface area (Å²) >= 11 is 0. The molecule has 2 rings (SSSR count). The minimum atomic E-state index is -3.42. The predicted octanol–water partition coefficient (Wildman–Crippen LogP) is 0.874. The summed E-state index contributed by atoms with van der Waals surface area (Å²) < 4.78 is 22.7. The number of hydrogen-bond acceptors (Lipinski definition) is 5. The predicted molar refractivity (Wildman–Crippen MR) is 70.3 cm³/mol. The van der Waals surface area contributed by atoms with Gasteiger partial charge >= 0.3 is 5.97 Å². The highest BCUT2D eigenvalue weighted by molar-refractivity contribution is 7.97. The Kier molecular flexibility index (Phi) is 3.22. The molecule has 0 unspecified atom stereocenters. The van der Waals surface area contributed by atoms with E-state index in [2.05, 4.69) is 5.10 Å². The van der Waals surface area contributed by atoms with Crippen LogP contribution in [-0.2, 0) is 9.84 Å². The molecule has 0 amide bonds. The monoisotopic (exact) mass is 278 g/mol. The maximum Gasteiger partial charge on any atom is 0.336 e. The maximum absolute atomic E-state index is 11.3. The number of carboxylic acid groups (broad SMARTS) is 1. The Labute approximate surface area is 109 Å². The minimum absolute atomic E-state index is 0.00491. The first-order valence-corrected chi connectivity index (χ1v) is 6.81. The zero-order valence-electron chi connectivity index (χ0n) is 9.65. The Balaban J connectivity index is 2.58. The van der Waals surface area contributed by atoms with Crippen LogP contribution in [0, 0.1) is 0 Å². The van der Waals surface area contributed by atoms with E-state index in [1.54, 1.807) is 12.1 Å². The van der Waals surface area contributed by atoms with Crippen molar-refractivity contribution in [3.63, 3.8) is 0 Å². The topological polar surface area (TPSA) is 110 Å². The third-order valence-electron chi connectivity index (χ3n) is 2.54. The number of carbonyl (C=O) groups is 1. The van der Waals surface area contributed by atoms with E-state index in [0.717, 1.165) is 10.8 Å². The fourth-order valence-corrected chi connectivity index (χ4v) is 2.69. The fraction of sp³-hybridized carbons (Fsp3) is 0. The molecule has 1 aromatic rings. The quantitative estimate of drug-likeness (QED) is 0.484. The lowest BCUT2D eigenvalue weighted by molar-refractivity contribution is 0.0696. The molecule has 1 aliphatic rings. The summed E-state index contributed by atoms with van der Waals surface area (Å²) in [5, 5.41) is 14.6. The molecule has 7 heteroatoms. The average Bonchev–Trinajstić information content (AvgIpc) is 2.71. The van der Waals surface area contributed by atoms with Gasteiger partial charge in [-0.25, -0.2) is 13.2 Å². The number of nitrogens with two attached hydrogens (primary N) is 1. The number of carboxylic acids is 1. The molecule has 19 heavy (non-hydrogen) atoms. The molecule has 0 saturated carbocycles. The molecular weight excluding hydrogens is 268 g/mol. The van der Waals surface area contributed by atoms with Gasteiger partial charge in [-0.2, -0.15) is 5.10 Å². The summed E-state index contributed by atoms with van der Waals surface area (Å²) in [7, 11) is -3.42.